The molecule has 0 aliphatic rings. The van der Waals surface area contributed by atoms with Gasteiger partial charge in [-0.3, -0.25) is 4.98 Å². The molecule has 0 aliphatic heterocycles. The second kappa shape index (κ2) is 5.41. The third-order valence-electron chi connectivity index (χ3n) is 2.23. The Morgan fingerprint density at radius 2 is 2.24 bits per heavy atom. The molecule has 1 N–H and O–H groups in total. The molecule has 0 aliphatic carbocycles. The third kappa shape index (κ3) is 3.26. The number of hydrogen-bond acceptors (Lipinski definition) is 4. The standard InChI is InChI=1S/C13H15N3O/c1-10-6-11(8-14-2)7-13(16-10)17-12-4-3-5-15-9-12/h3-7,9,14H,8H2,1-2H3. The zero-order chi connectivity index (χ0) is 12.1. The highest BCUT2D eigenvalue weighted by Gasteiger charge is 2.02. The maximum atomic E-state index is 5.64. The number of ether oxygens (including phenoxy) is 1. The summed E-state index contributed by atoms with van der Waals surface area (Å²) in [7, 11) is 1.91. The molecule has 0 fully saturated rings. The van der Waals surface area contributed by atoms with Crippen molar-refractivity contribution in [3.05, 3.63) is 47.9 Å². The maximum absolute atomic E-state index is 5.64. The van der Waals surface area contributed by atoms with Gasteiger partial charge in [0, 0.05) is 24.5 Å². The van der Waals surface area contributed by atoms with Crippen molar-refractivity contribution in [2.45, 2.75) is 13.5 Å². The molecule has 0 amide bonds. The monoisotopic (exact) mass is 229 g/mol. The minimum absolute atomic E-state index is 0.600. The van der Waals surface area contributed by atoms with E-state index in [-0.39, 0.29) is 0 Å². The molecule has 17 heavy (non-hydrogen) atoms. The molecular weight excluding hydrogens is 214 g/mol. The molecule has 2 rings (SSSR count). The molecule has 0 saturated heterocycles. The van der Waals surface area contributed by atoms with Crippen LogP contribution in [0.1, 0.15) is 11.3 Å². The predicted molar refractivity (Wildman–Crippen MR) is 66.0 cm³/mol. The van der Waals surface area contributed by atoms with Crippen LogP contribution in [0.2, 0.25) is 0 Å². The van der Waals surface area contributed by atoms with E-state index in [4.69, 9.17) is 4.74 Å². The van der Waals surface area contributed by atoms with Gasteiger partial charge in [0.15, 0.2) is 0 Å². The Kier molecular flexibility index (Phi) is 3.67. The number of nitrogens with zero attached hydrogens (tertiary/aromatic N) is 2. The normalized spacial score (nSPS) is 10.2. The van der Waals surface area contributed by atoms with Gasteiger partial charge in [0.25, 0.3) is 0 Å². The third-order valence-corrected chi connectivity index (χ3v) is 2.23. The van der Waals surface area contributed by atoms with Crippen molar-refractivity contribution in [1.29, 1.82) is 0 Å². The first kappa shape index (κ1) is 11.5. The quantitative estimate of drug-likeness (QED) is 0.873. The number of nitrogens with one attached hydrogen (secondary N) is 1. The largest absolute Gasteiger partial charge is 0.437 e. The van der Waals surface area contributed by atoms with Crippen molar-refractivity contribution in [1.82, 2.24) is 15.3 Å². The molecule has 4 nitrogen and oxygen atoms in total. The molecular formula is C13H15N3O. The van der Waals surface area contributed by atoms with Gasteiger partial charge < -0.3 is 10.1 Å². The van der Waals surface area contributed by atoms with E-state index < -0.39 is 0 Å². The minimum Gasteiger partial charge on any atom is -0.437 e. The summed E-state index contributed by atoms with van der Waals surface area (Å²) in [6, 6.07) is 7.65. The van der Waals surface area contributed by atoms with Gasteiger partial charge in [0.2, 0.25) is 5.88 Å². The molecule has 0 bridgehead atoms. The highest BCUT2D eigenvalue weighted by Crippen LogP contribution is 2.19. The number of rotatable bonds is 4. The van der Waals surface area contributed by atoms with E-state index in [0.29, 0.717) is 11.6 Å². The van der Waals surface area contributed by atoms with Gasteiger partial charge >= 0.3 is 0 Å². The fraction of sp³-hybridized carbons (Fsp3) is 0.231. The maximum Gasteiger partial charge on any atom is 0.219 e. The van der Waals surface area contributed by atoms with Crippen LogP contribution in [0.4, 0.5) is 0 Å². The summed E-state index contributed by atoms with van der Waals surface area (Å²) in [5.74, 6) is 1.30. The molecule has 2 aromatic heterocycles. The van der Waals surface area contributed by atoms with Crippen LogP contribution in [0.3, 0.4) is 0 Å². The molecule has 0 aromatic carbocycles. The summed E-state index contributed by atoms with van der Waals surface area (Å²) in [6.45, 7) is 2.75. The summed E-state index contributed by atoms with van der Waals surface area (Å²) >= 11 is 0. The van der Waals surface area contributed by atoms with Crippen LogP contribution in [0.25, 0.3) is 0 Å². The Morgan fingerprint density at radius 3 is 2.94 bits per heavy atom. The molecule has 0 saturated carbocycles. The van der Waals surface area contributed by atoms with Crippen LogP contribution in [-0.2, 0) is 6.54 Å². The van der Waals surface area contributed by atoms with Crippen molar-refractivity contribution in [2.24, 2.45) is 0 Å². The number of aromatic nitrogens is 2. The second-order valence-electron chi connectivity index (χ2n) is 3.78. The Bertz CT molecular complexity index is 485. The van der Waals surface area contributed by atoms with Crippen molar-refractivity contribution >= 4 is 0 Å². The smallest absolute Gasteiger partial charge is 0.219 e. The van der Waals surface area contributed by atoms with Gasteiger partial charge in [0.05, 0.1) is 6.20 Å². The van der Waals surface area contributed by atoms with E-state index in [0.717, 1.165) is 17.8 Å². The fourth-order valence-electron chi connectivity index (χ4n) is 1.59. The summed E-state index contributed by atoms with van der Waals surface area (Å²) in [5.41, 5.74) is 2.09. The Hall–Kier alpha value is -1.94. The first-order valence-electron chi connectivity index (χ1n) is 5.48. The first-order valence-corrected chi connectivity index (χ1v) is 5.48. The van der Waals surface area contributed by atoms with Crippen LogP contribution >= 0.6 is 0 Å². The fourth-order valence-corrected chi connectivity index (χ4v) is 1.59. The average Bonchev–Trinajstić information content (AvgIpc) is 2.30. The van der Waals surface area contributed by atoms with Crippen molar-refractivity contribution in [3.63, 3.8) is 0 Å². The second-order valence-corrected chi connectivity index (χ2v) is 3.78. The summed E-state index contributed by atoms with van der Waals surface area (Å²) in [4.78, 5) is 8.33. The SMILES string of the molecule is CNCc1cc(C)nc(Oc2cccnc2)c1. The molecule has 2 heterocycles. The number of pyridine rings is 2. The van der Waals surface area contributed by atoms with Crippen molar-refractivity contribution < 1.29 is 4.74 Å². The summed E-state index contributed by atoms with van der Waals surface area (Å²) < 4.78 is 5.64. The van der Waals surface area contributed by atoms with Crippen molar-refractivity contribution in [2.75, 3.05) is 7.05 Å². The molecule has 88 valence electrons. The topological polar surface area (TPSA) is 47.0 Å². The zero-order valence-corrected chi connectivity index (χ0v) is 9.97. The van der Waals surface area contributed by atoms with E-state index in [1.54, 1.807) is 12.4 Å². The lowest BCUT2D eigenvalue weighted by Gasteiger charge is -2.07. The van der Waals surface area contributed by atoms with Gasteiger partial charge in [-0.2, -0.15) is 0 Å². The van der Waals surface area contributed by atoms with Gasteiger partial charge in [-0.1, -0.05) is 0 Å². The van der Waals surface area contributed by atoms with Gasteiger partial charge in [-0.25, -0.2) is 4.98 Å². The molecule has 0 spiro atoms. The van der Waals surface area contributed by atoms with Gasteiger partial charge in [0.1, 0.15) is 5.75 Å². The van der Waals surface area contributed by atoms with Crippen molar-refractivity contribution in [3.8, 4) is 11.6 Å². The van der Waals surface area contributed by atoms with E-state index in [1.165, 1.54) is 0 Å². The molecule has 0 unspecified atom stereocenters. The molecule has 2 aromatic rings. The Labute approximate surface area is 101 Å². The predicted octanol–water partition coefficient (Wildman–Crippen LogP) is 2.30. The van der Waals surface area contributed by atoms with Gasteiger partial charge in [-0.15, -0.1) is 0 Å². The van der Waals surface area contributed by atoms with E-state index >= 15 is 0 Å². The first-order chi connectivity index (χ1) is 8.28. The Balaban J connectivity index is 2.21. The highest BCUT2D eigenvalue weighted by atomic mass is 16.5. The lowest BCUT2D eigenvalue weighted by molar-refractivity contribution is 0.458. The average molecular weight is 229 g/mol. The summed E-state index contributed by atoms with van der Waals surface area (Å²) in [6.07, 6.45) is 3.38. The van der Waals surface area contributed by atoms with E-state index in [1.807, 2.05) is 38.2 Å². The van der Waals surface area contributed by atoms with Gasteiger partial charge in [-0.05, 0) is 37.7 Å². The lowest BCUT2D eigenvalue weighted by atomic mass is 10.2. The minimum atomic E-state index is 0.600. The van der Waals surface area contributed by atoms with Crippen LogP contribution in [-0.4, -0.2) is 17.0 Å². The van der Waals surface area contributed by atoms with Crippen LogP contribution in [0.15, 0.2) is 36.7 Å². The van der Waals surface area contributed by atoms with Crippen LogP contribution < -0.4 is 10.1 Å². The number of hydrogen-bond donors (Lipinski definition) is 1. The Morgan fingerprint density at radius 1 is 1.35 bits per heavy atom. The lowest BCUT2D eigenvalue weighted by Crippen LogP contribution is -2.06. The van der Waals surface area contributed by atoms with E-state index in [9.17, 15) is 0 Å². The van der Waals surface area contributed by atoms with E-state index in [2.05, 4.69) is 15.3 Å². The van der Waals surface area contributed by atoms with Crippen LogP contribution in [0.5, 0.6) is 11.6 Å². The van der Waals surface area contributed by atoms with Crippen LogP contribution in [0, 0.1) is 6.92 Å². The molecule has 0 atom stereocenters. The highest BCUT2D eigenvalue weighted by molar-refractivity contribution is 5.29. The molecule has 4 heteroatoms. The molecule has 0 radical (unpaired) electrons. The zero-order valence-electron chi connectivity index (χ0n) is 9.97. The number of aryl methyl sites for hydroxylation is 1. The summed E-state index contributed by atoms with van der Waals surface area (Å²) in [5, 5.41) is 3.11.